The molecule has 1 aromatic carbocycles. The van der Waals surface area contributed by atoms with Crippen LogP contribution >= 0.6 is 0 Å². The molecular weight excluding hydrogens is 264 g/mol. The molecule has 20 heavy (non-hydrogen) atoms. The van der Waals surface area contributed by atoms with E-state index in [2.05, 4.69) is 10.6 Å². The van der Waals surface area contributed by atoms with Gasteiger partial charge >= 0.3 is 12.0 Å². The van der Waals surface area contributed by atoms with Gasteiger partial charge in [-0.25, -0.2) is 9.59 Å². The zero-order valence-corrected chi connectivity index (χ0v) is 10.6. The molecule has 1 unspecified atom stereocenters. The summed E-state index contributed by atoms with van der Waals surface area (Å²) in [6.07, 6.45) is -0.215. The number of primary amides is 1. The predicted molar refractivity (Wildman–Crippen MR) is 72.9 cm³/mol. The number of anilines is 2. The fourth-order valence-electron chi connectivity index (χ4n) is 1.47. The Balaban J connectivity index is 2.60. The number of carboxylic acid groups (broad SMARTS) is 1. The summed E-state index contributed by atoms with van der Waals surface area (Å²) >= 11 is 0. The van der Waals surface area contributed by atoms with E-state index < -0.39 is 23.9 Å². The molecule has 0 aliphatic carbocycles. The van der Waals surface area contributed by atoms with Crippen LogP contribution in [0.25, 0.3) is 0 Å². The standard InChI is InChI=1S/C12H16N4O4/c13-7-3-1-2-4-8(7)15-12(20)16-9(11(18)19)5-6-10(14)17/h1-4,9H,5-6,13H2,(H2,14,17)(H,18,19)(H2,15,16,20). The molecule has 1 aromatic rings. The number of hydrogen-bond acceptors (Lipinski definition) is 4. The molecule has 1 rings (SSSR count). The van der Waals surface area contributed by atoms with Crippen molar-refractivity contribution in [3.05, 3.63) is 24.3 Å². The summed E-state index contributed by atoms with van der Waals surface area (Å²) in [6, 6.07) is 4.62. The van der Waals surface area contributed by atoms with Gasteiger partial charge in [0.25, 0.3) is 0 Å². The highest BCUT2D eigenvalue weighted by atomic mass is 16.4. The van der Waals surface area contributed by atoms with Crippen LogP contribution in [-0.2, 0) is 9.59 Å². The second kappa shape index (κ2) is 6.98. The van der Waals surface area contributed by atoms with Gasteiger partial charge < -0.3 is 27.2 Å². The van der Waals surface area contributed by atoms with Gasteiger partial charge in [0.15, 0.2) is 0 Å². The van der Waals surface area contributed by atoms with E-state index in [-0.39, 0.29) is 12.8 Å². The summed E-state index contributed by atoms with van der Waals surface area (Å²) in [6.45, 7) is 0. The number of nitrogen functional groups attached to an aromatic ring is 1. The van der Waals surface area contributed by atoms with Crippen LogP contribution < -0.4 is 22.1 Å². The number of rotatable bonds is 6. The SMILES string of the molecule is NC(=O)CCC(NC(=O)Nc1ccccc1N)C(=O)O. The van der Waals surface area contributed by atoms with Gasteiger partial charge in [0.1, 0.15) is 6.04 Å². The second-order valence-electron chi connectivity index (χ2n) is 4.08. The summed E-state index contributed by atoms with van der Waals surface area (Å²) in [5.41, 5.74) is 11.3. The number of nitrogens with one attached hydrogen (secondary N) is 2. The number of amides is 3. The summed E-state index contributed by atoms with van der Waals surface area (Å²) in [7, 11) is 0. The number of hydrogen-bond donors (Lipinski definition) is 5. The maximum Gasteiger partial charge on any atom is 0.326 e. The molecule has 0 bridgehead atoms. The van der Waals surface area contributed by atoms with Crippen molar-refractivity contribution in [3.8, 4) is 0 Å². The first kappa shape index (κ1) is 15.3. The number of carboxylic acids is 1. The van der Waals surface area contributed by atoms with Crippen molar-refractivity contribution < 1.29 is 19.5 Å². The van der Waals surface area contributed by atoms with E-state index in [0.29, 0.717) is 11.4 Å². The first-order valence-corrected chi connectivity index (χ1v) is 5.83. The van der Waals surface area contributed by atoms with Crippen molar-refractivity contribution in [1.29, 1.82) is 0 Å². The lowest BCUT2D eigenvalue weighted by molar-refractivity contribution is -0.139. The molecule has 0 saturated heterocycles. The average molecular weight is 280 g/mol. The van der Waals surface area contributed by atoms with Crippen LogP contribution in [0.1, 0.15) is 12.8 Å². The molecule has 0 aliphatic heterocycles. The zero-order valence-electron chi connectivity index (χ0n) is 10.6. The summed E-state index contributed by atoms with van der Waals surface area (Å²) in [5.74, 6) is -1.88. The molecule has 0 spiro atoms. The molecule has 0 aliphatic rings. The highest BCUT2D eigenvalue weighted by Crippen LogP contribution is 2.16. The quantitative estimate of drug-likeness (QED) is 0.469. The molecular formula is C12H16N4O4. The Morgan fingerprint density at radius 3 is 2.45 bits per heavy atom. The molecule has 3 amide bonds. The van der Waals surface area contributed by atoms with Crippen LogP contribution in [0.3, 0.4) is 0 Å². The smallest absolute Gasteiger partial charge is 0.326 e. The minimum absolute atomic E-state index is 0.0810. The van der Waals surface area contributed by atoms with Gasteiger partial charge in [-0.15, -0.1) is 0 Å². The molecule has 0 radical (unpaired) electrons. The summed E-state index contributed by atoms with van der Waals surface area (Å²) < 4.78 is 0. The highest BCUT2D eigenvalue weighted by molar-refractivity contribution is 5.94. The molecule has 8 nitrogen and oxygen atoms in total. The predicted octanol–water partition coefficient (Wildman–Crippen LogP) is 0.109. The van der Waals surface area contributed by atoms with E-state index in [1.807, 2.05) is 0 Å². The normalized spacial score (nSPS) is 11.4. The van der Waals surface area contributed by atoms with Gasteiger partial charge in [-0.1, -0.05) is 12.1 Å². The molecule has 0 aromatic heterocycles. The van der Waals surface area contributed by atoms with Gasteiger partial charge in [0, 0.05) is 6.42 Å². The number of carbonyl (C=O) groups excluding carboxylic acids is 2. The van der Waals surface area contributed by atoms with E-state index >= 15 is 0 Å². The Labute approximate surface area is 115 Å². The Morgan fingerprint density at radius 1 is 1.25 bits per heavy atom. The van der Waals surface area contributed by atoms with E-state index in [4.69, 9.17) is 16.6 Å². The third kappa shape index (κ3) is 4.84. The topological polar surface area (TPSA) is 148 Å². The van der Waals surface area contributed by atoms with Crippen LogP contribution in [0.2, 0.25) is 0 Å². The minimum Gasteiger partial charge on any atom is -0.480 e. The zero-order chi connectivity index (χ0) is 15.1. The largest absolute Gasteiger partial charge is 0.480 e. The molecule has 8 heteroatoms. The number of aliphatic carboxylic acids is 1. The van der Waals surface area contributed by atoms with Crippen LogP contribution in [0.4, 0.5) is 16.2 Å². The lowest BCUT2D eigenvalue weighted by Crippen LogP contribution is -2.43. The summed E-state index contributed by atoms with van der Waals surface area (Å²) in [5, 5.41) is 13.6. The number of benzene rings is 1. The van der Waals surface area contributed by atoms with E-state index in [9.17, 15) is 14.4 Å². The fraction of sp³-hybridized carbons (Fsp3) is 0.250. The van der Waals surface area contributed by atoms with E-state index in [1.165, 1.54) is 0 Å². The lowest BCUT2D eigenvalue weighted by atomic mass is 10.1. The molecule has 7 N–H and O–H groups in total. The van der Waals surface area contributed by atoms with Crippen LogP contribution in [-0.4, -0.2) is 29.1 Å². The van der Waals surface area contributed by atoms with E-state index in [0.717, 1.165) is 0 Å². The van der Waals surface area contributed by atoms with Crippen molar-refractivity contribution in [3.63, 3.8) is 0 Å². The maximum absolute atomic E-state index is 11.7. The monoisotopic (exact) mass is 280 g/mol. The van der Waals surface area contributed by atoms with Crippen LogP contribution in [0, 0.1) is 0 Å². The maximum atomic E-state index is 11.7. The molecule has 0 heterocycles. The van der Waals surface area contributed by atoms with Gasteiger partial charge in [0.05, 0.1) is 11.4 Å². The number of urea groups is 1. The van der Waals surface area contributed by atoms with Crippen molar-refractivity contribution in [2.24, 2.45) is 5.73 Å². The molecule has 1 atom stereocenters. The first-order valence-electron chi connectivity index (χ1n) is 5.83. The van der Waals surface area contributed by atoms with Crippen molar-refractivity contribution in [2.45, 2.75) is 18.9 Å². The number of nitrogens with two attached hydrogens (primary N) is 2. The van der Waals surface area contributed by atoms with Gasteiger partial charge in [-0.2, -0.15) is 0 Å². The second-order valence-corrected chi connectivity index (χ2v) is 4.08. The number of para-hydroxylation sites is 2. The van der Waals surface area contributed by atoms with Crippen LogP contribution in [0.15, 0.2) is 24.3 Å². The van der Waals surface area contributed by atoms with E-state index in [1.54, 1.807) is 24.3 Å². The number of carbonyl (C=O) groups is 3. The Morgan fingerprint density at radius 2 is 1.90 bits per heavy atom. The van der Waals surface area contributed by atoms with Crippen LogP contribution in [0.5, 0.6) is 0 Å². The average Bonchev–Trinajstić information content (AvgIpc) is 2.36. The highest BCUT2D eigenvalue weighted by Gasteiger charge is 2.20. The third-order valence-electron chi connectivity index (χ3n) is 2.49. The lowest BCUT2D eigenvalue weighted by Gasteiger charge is -2.15. The molecule has 0 saturated carbocycles. The third-order valence-corrected chi connectivity index (χ3v) is 2.49. The Kier molecular flexibility index (Phi) is 5.33. The first-order chi connectivity index (χ1) is 9.40. The van der Waals surface area contributed by atoms with Gasteiger partial charge in [-0.3, -0.25) is 4.79 Å². The Bertz CT molecular complexity index is 518. The van der Waals surface area contributed by atoms with Crippen molar-refractivity contribution in [1.82, 2.24) is 5.32 Å². The molecule has 0 fully saturated rings. The van der Waals surface area contributed by atoms with Gasteiger partial charge in [-0.05, 0) is 18.6 Å². The Hall–Kier alpha value is -2.77. The van der Waals surface area contributed by atoms with Crippen molar-refractivity contribution in [2.75, 3.05) is 11.1 Å². The molecule has 108 valence electrons. The minimum atomic E-state index is -1.25. The van der Waals surface area contributed by atoms with Gasteiger partial charge in [0.2, 0.25) is 5.91 Å². The van der Waals surface area contributed by atoms with Crippen molar-refractivity contribution >= 4 is 29.3 Å². The fourth-order valence-corrected chi connectivity index (χ4v) is 1.47. The summed E-state index contributed by atoms with van der Waals surface area (Å²) in [4.78, 5) is 33.2.